The summed E-state index contributed by atoms with van der Waals surface area (Å²) < 4.78 is 1.96. The molecule has 1 unspecified atom stereocenters. The van der Waals surface area contributed by atoms with Gasteiger partial charge in [0.25, 0.3) is 5.91 Å². The number of benzene rings is 2. The molecular formula is C19H17Cl2N3O. The van der Waals surface area contributed by atoms with Crippen LogP contribution in [-0.4, -0.2) is 21.7 Å². The van der Waals surface area contributed by atoms with Crippen molar-refractivity contribution in [1.29, 1.82) is 0 Å². The number of nitrogens with zero attached hydrogens (tertiary/aromatic N) is 2. The van der Waals surface area contributed by atoms with Gasteiger partial charge < -0.3 is 5.32 Å². The summed E-state index contributed by atoms with van der Waals surface area (Å²) in [6, 6.07) is 17.4. The Balaban J connectivity index is 1.93. The summed E-state index contributed by atoms with van der Waals surface area (Å²) in [5, 5.41) is 8.18. The quantitative estimate of drug-likeness (QED) is 0.714. The van der Waals surface area contributed by atoms with Crippen molar-refractivity contribution in [3.05, 3.63) is 76.4 Å². The minimum absolute atomic E-state index is 0.118. The van der Waals surface area contributed by atoms with E-state index in [0.717, 1.165) is 16.5 Å². The number of rotatable bonds is 5. The molecule has 1 atom stereocenters. The molecule has 0 spiro atoms. The van der Waals surface area contributed by atoms with Crippen LogP contribution in [0.15, 0.2) is 65.2 Å². The van der Waals surface area contributed by atoms with Gasteiger partial charge in [-0.1, -0.05) is 71.7 Å². The molecule has 1 aromatic heterocycles. The maximum atomic E-state index is 12.6. The zero-order valence-corrected chi connectivity index (χ0v) is 15.1. The van der Waals surface area contributed by atoms with Gasteiger partial charge in [0.05, 0.1) is 12.1 Å². The Bertz CT molecular complexity index is 915. The number of carbonyl (C=O) groups is 1. The van der Waals surface area contributed by atoms with Crippen molar-refractivity contribution in [3.63, 3.8) is 0 Å². The maximum Gasteiger partial charge on any atom is 0.272 e. The van der Waals surface area contributed by atoms with Gasteiger partial charge in [-0.2, -0.15) is 5.10 Å². The smallest absolute Gasteiger partial charge is 0.272 e. The zero-order chi connectivity index (χ0) is 17.8. The molecule has 0 aliphatic heterocycles. The van der Waals surface area contributed by atoms with E-state index in [1.165, 1.54) is 0 Å². The summed E-state index contributed by atoms with van der Waals surface area (Å²) in [7, 11) is 0. The van der Waals surface area contributed by atoms with Gasteiger partial charge in [0.1, 0.15) is 4.49 Å². The van der Waals surface area contributed by atoms with Crippen LogP contribution in [0, 0.1) is 0 Å². The summed E-state index contributed by atoms with van der Waals surface area (Å²) in [6.07, 6.45) is 1.56. The first-order valence-electron chi connectivity index (χ1n) is 7.88. The highest BCUT2D eigenvalue weighted by Gasteiger charge is 2.18. The SMILES string of the molecule is CC(C=C(Cl)Cl)NC(=O)c1nn(Cc2ccccc2)c2ccccc12. The van der Waals surface area contributed by atoms with Crippen LogP contribution in [0.5, 0.6) is 0 Å². The van der Waals surface area contributed by atoms with Crippen LogP contribution >= 0.6 is 23.2 Å². The van der Waals surface area contributed by atoms with E-state index in [0.29, 0.717) is 12.2 Å². The molecule has 0 aliphatic carbocycles. The van der Waals surface area contributed by atoms with E-state index < -0.39 is 0 Å². The topological polar surface area (TPSA) is 46.9 Å². The standard InChI is InChI=1S/C19H17Cl2N3O/c1-13(11-17(20)21)22-19(25)18-15-9-5-6-10-16(15)24(23-18)12-14-7-3-2-4-8-14/h2-11,13H,12H2,1H3,(H,22,25). The van der Waals surface area contributed by atoms with Crippen LogP contribution in [0.2, 0.25) is 0 Å². The molecule has 3 aromatic rings. The number of hydrogen-bond acceptors (Lipinski definition) is 2. The highest BCUT2D eigenvalue weighted by molar-refractivity contribution is 6.55. The number of halogens is 2. The monoisotopic (exact) mass is 373 g/mol. The molecule has 2 aromatic carbocycles. The Labute approximate surface area is 156 Å². The molecule has 0 bridgehead atoms. The molecule has 0 aliphatic rings. The summed E-state index contributed by atoms with van der Waals surface area (Å²) >= 11 is 11.3. The molecule has 4 nitrogen and oxygen atoms in total. The molecule has 1 N–H and O–H groups in total. The van der Waals surface area contributed by atoms with E-state index in [4.69, 9.17) is 23.2 Å². The lowest BCUT2D eigenvalue weighted by Gasteiger charge is -2.08. The van der Waals surface area contributed by atoms with Gasteiger partial charge in [0.15, 0.2) is 5.69 Å². The lowest BCUT2D eigenvalue weighted by atomic mass is 10.2. The van der Waals surface area contributed by atoms with Crippen LogP contribution < -0.4 is 5.32 Å². The summed E-state index contributed by atoms with van der Waals surface area (Å²) in [5.74, 6) is -0.263. The van der Waals surface area contributed by atoms with Crippen LogP contribution in [0.1, 0.15) is 23.0 Å². The Morgan fingerprint density at radius 2 is 1.84 bits per heavy atom. The molecule has 1 amide bonds. The average molecular weight is 374 g/mol. The van der Waals surface area contributed by atoms with Gasteiger partial charge in [0, 0.05) is 11.4 Å². The van der Waals surface area contributed by atoms with Crippen molar-refractivity contribution in [3.8, 4) is 0 Å². The number of aromatic nitrogens is 2. The molecule has 0 saturated carbocycles. The predicted molar refractivity (Wildman–Crippen MR) is 102 cm³/mol. The third-order valence-electron chi connectivity index (χ3n) is 3.78. The van der Waals surface area contributed by atoms with Crippen LogP contribution in [0.25, 0.3) is 10.9 Å². The lowest BCUT2D eigenvalue weighted by Crippen LogP contribution is -2.31. The van der Waals surface area contributed by atoms with Crippen LogP contribution in [0.3, 0.4) is 0 Å². The van der Waals surface area contributed by atoms with E-state index in [1.54, 1.807) is 13.0 Å². The fourth-order valence-corrected chi connectivity index (χ4v) is 3.06. The van der Waals surface area contributed by atoms with Crippen molar-refractivity contribution in [2.75, 3.05) is 0 Å². The fourth-order valence-electron chi connectivity index (χ4n) is 2.68. The largest absolute Gasteiger partial charge is 0.345 e. The second kappa shape index (κ2) is 7.72. The van der Waals surface area contributed by atoms with E-state index in [1.807, 2.05) is 59.3 Å². The molecule has 6 heteroatoms. The van der Waals surface area contributed by atoms with Crippen LogP contribution in [0.4, 0.5) is 0 Å². The van der Waals surface area contributed by atoms with Gasteiger partial charge in [-0.25, -0.2) is 0 Å². The van der Waals surface area contributed by atoms with E-state index >= 15 is 0 Å². The minimum Gasteiger partial charge on any atom is -0.345 e. The third kappa shape index (κ3) is 4.21. The van der Waals surface area contributed by atoms with Crippen molar-refractivity contribution in [2.45, 2.75) is 19.5 Å². The Hall–Kier alpha value is -2.30. The highest BCUT2D eigenvalue weighted by atomic mass is 35.5. The van der Waals surface area contributed by atoms with E-state index in [-0.39, 0.29) is 16.4 Å². The number of hydrogen-bond donors (Lipinski definition) is 1. The Morgan fingerprint density at radius 3 is 2.56 bits per heavy atom. The van der Waals surface area contributed by atoms with Gasteiger partial charge in [0.2, 0.25) is 0 Å². The third-order valence-corrected chi connectivity index (χ3v) is 4.03. The van der Waals surface area contributed by atoms with Gasteiger partial charge in [-0.3, -0.25) is 9.48 Å². The zero-order valence-electron chi connectivity index (χ0n) is 13.6. The second-order valence-corrected chi connectivity index (χ2v) is 6.74. The van der Waals surface area contributed by atoms with Gasteiger partial charge in [-0.05, 0) is 24.6 Å². The van der Waals surface area contributed by atoms with E-state index in [2.05, 4.69) is 10.4 Å². The predicted octanol–water partition coefficient (Wildman–Crippen LogP) is 4.52. The summed E-state index contributed by atoms with van der Waals surface area (Å²) in [4.78, 5) is 12.6. The van der Waals surface area contributed by atoms with Crippen LogP contribution in [-0.2, 0) is 6.54 Å². The van der Waals surface area contributed by atoms with E-state index in [9.17, 15) is 4.79 Å². The number of nitrogens with one attached hydrogen (secondary N) is 1. The molecule has 1 heterocycles. The van der Waals surface area contributed by atoms with Crippen molar-refractivity contribution in [2.24, 2.45) is 0 Å². The number of para-hydroxylation sites is 1. The number of carbonyl (C=O) groups excluding carboxylic acids is 1. The molecular weight excluding hydrogens is 357 g/mol. The minimum atomic E-state index is -0.296. The van der Waals surface area contributed by atoms with Gasteiger partial charge >= 0.3 is 0 Å². The maximum absolute atomic E-state index is 12.6. The first-order valence-corrected chi connectivity index (χ1v) is 8.63. The fraction of sp³-hybridized carbons (Fsp3) is 0.158. The molecule has 25 heavy (non-hydrogen) atoms. The highest BCUT2D eigenvalue weighted by Crippen LogP contribution is 2.20. The normalized spacial score (nSPS) is 12.0. The Morgan fingerprint density at radius 1 is 1.16 bits per heavy atom. The van der Waals surface area contributed by atoms with Crippen molar-refractivity contribution < 1.29 is 4.79 Å². The molecule has 3 rings (SSSR count). The molecule has 0 radical (unpaired) electrons. The van der Waals surface area contributed by atoms with Gasteiger partial charge in [-0.15, -0.1) is 0 Å². The Kier molecular flexibility index (Phi) is 5.41. The lowest BCUT2D eigenvalue weighted by molar-refractivity contribution is 0.0942. The number of amides is 1. The molecule has 128 valence electrons. The first kappa shape index (κ1) is 17.5. The number of fused-ring (bicyclic) bond motifs is 1. The molecule has 0 saturated heterocycles. The molecule has 0 fully saturated rings. The van der Waals surface area contributed by atoms with Crippen molar-refractivity contribution >= 4 is 40.0 Å². The first-order chi connectivity index (χ1) is 12.0. The summed E-state index contributed by atoms with van der Waals surface area (Å²) in [6.45, 7) is 2.39. The van der Waals surface area contributed by atoms with Crippen molar-refractivity contribution in [1.82, 2.24) is 15.1 Å². The second-order valence-electron chi connectivity index (χ2n) is 5.73. The average Bonchev–Trinajstić information content (AvgIpc) is 2.94. The summed E-state index contributed by atoms with van der Waals surface area (Å²) in [5.41, 5.74) is 2.42.